The molecule has 0 fully saturated rings. The number of rotatable bonds is 4. The van der Waals surface area contributed by atoms with Gasteiger partial charge in [-0.15, -0.1) is 0 Å². The van der Waals surface area contributed by atoms with Crippen molar-refractivity contribution in [2.24, 2.45) is 11.8 Å². The first-order valence-electron chi connectivity index (χ1n) is 4.27. The molecule has 0 aliphatic carbocycles. The Morgan fingerprint density at radius 1 is 1.23 bits per heavy atom. The zero-order valence-corrected chi connectivity index (χ0v) is 8.50. The van der Waals surface area contributed by atoms with Crippen molar-refractivity contribution in [3.05, 3.63) is 11.6 Å². The summed E-state index contributed by atoms with van der Waals surface area (Å²) in [5.74, 6) is -2.43. The summed E-state index contributed by atoms with van der Waals surface area (Å²) in [6.07, 6.45) is 1.39. The molecule has 0 radical (unpaired) electrons. The van der Waals surface area contributed by atoms with E-state index in [0.29, 0.717) is 0 Å². The highest BCUT2D eigenvalue weighted by atomic mass is 16.4. The van der Waals surface area contributed by atoms with Gasteiger partial charge >= 0.3 is 5.97 Å². The summed E-state index contributed by atoms with van der Waals surface area (Å²) >= 11 is 0. The van der Waals surface area contributed by atoms with Crippen LogP contribution in [-0.4, -0.2) is 16.9 Å². The number of carbonyl (C=O) groups is 2. The molecule has 1 atom stereocenters. The summed E-state index contributed by atoms with van der Waals surface area (Å²) in [6.45, 7) is 7.01. The van der Waals surface area contributed by atoms with Crippen molar-refractivity contribution in [1.82, 2.24) is 0 Å². The van der Waals surface area contributed by atoms with Gasteiger partial charge in [-0.3, -0.25) is 9.59 Å². The SMILES string of the molecule is CC(C)=CC(=O)C(C(=O)O)C(C)C. The van der Waals surface area contributed by atoms with Crippen LogP contribution >= 0.6 is 0 Å². The lowest BCUT2D eigenvalue weighted by atomic mass is 9.91. The molecule has 0 rings (SSSR count). The van der Waals surface area contributed by atoms with Crippen LogP contribution in [0.1, 0.15) is 27.7 Å². The van der Waals surface area contributed by atoms with Gasteiger partial charge in [0.2, 0.25) is 0 Å². The summed E-state index contributed by atoms with van der Waals surface area (Å²) in [6, 6.07) is 0. The van der Waals surface area contributed by atoms with E-state index in [0.717, 1.165) is 5.57 Å². The van der Waals surface area contributed by atoms with Gasteiger partial charge in [0.05, 0.1) is 0 Å². The van der Waals surface area contributed by atoms with Crippen molar-refractivity contribution >= 4 is 11.8 Å². The van der Waals surface area contributed by atoms with Crippen LogP contribution < -0.4 is 0 Å². The second-order valence-electron chi connectivity index (χ2n) is 3.68. The highest BCUT2D eigenvalue weighted by Crippen LogP contribution is 2.13. The molecule has 3 heteroatoms. The van der Waals surface area contributed by atoms with E-state index in [-0.39, 0.29) is 11.7 Å². The minimum absolute atomic E-state index is 0.166. The summed E-state index contributed by atoms with van der Waals surface area (Å²) in [5.41, 5.74) is 0.830. The van der Waals surface area contributed by atoms with Crippen LogP contribution in [0, 0.1) is 11.8 Å². The summed E-state index contributed by atoms with van der Waals surface area (Å²) in [7, 11) is 0. The van der Waals surface area contributed by atoms with Gasteiger partial charge in [0.15, 0.2) is 5.78 Å². The van der Waals surface area contributed by atoms with Crippen molar-refractivity contribution in [2.45, 2.75) is 27.7 Å². The quantitative estimate of drug-likeness (QED) is 0.536. The van der Waals surface area contributed by atoms with Crippen LogP contribution in [0.4, 0.5) is 0 Å². The predicted octanol–water partition coefficient (Wildman–Crippen LogP) is 1.88. The second kappa shape index (κ2) is 4.80. The molecule has 74 valence electrons. The molecule has 0 saturated carbocycles. The largest absolute Gasteiger partial charge is 0.481 e. The lowest BCUT2D eigenvalue weighted by molar-refractivity contribution is -0.146. The first-order chi connectivity index (χ1) is 5.86. The third kappa shape index (κ3) is 3.87. The van der Waals surface area contributed by atoms with Crippen LogP contribution in [0.3, 0.4) is 0 Å². The van der Waals surface area contributed by atoms with Crippen molar-refractivity contribution < 1.29 is 14.7 Å². The predicted molar refractivity (Wildman–Crippen MR) is 50.4 cm³/mol. The standard InChI is InChI=1S/C10H16O3/c1-6(2)5-8(11)9(7(3)4)10(12)13/h5,7,9H,1-4H3,(H,12,13). The molecule has 0 aromatic rings. The molecule has 0 heterocycles. The molecule has 0 spiro atoms. The minimum atomic E-state index is -1.04. The molecule has 13 heavy (non-hydrogen) atoms. The smallest absolute Gasteiger partial charge is 0.314 e. The fourth-order valence-corrected chi connectivity index (χ4v) is 1.11. The summed E-state index contributed by atoms with van der Waals surface area (Å²) < 4.78 is 0. The Bertz CT molecular complexity index is 235. The van der Waals surface area contributed by atoms with Gasteiger partial charge in [0, 0.05) is 0 Å². The third-order valence-electron chi connectivity index (χ3n) is 1.67. The Morgan fingerprint density at radius 3 is 1.92 bits per heavy atom. The van der Waals surface area contributed by atoms with E-state index in [1.807, 2.05) is 0 Å². The Kier molecular flexibility index (Phi) is 4.38. The molecule has 0 amide bonds. The van der Waals surface area contributed by atoms with E-state index in [9.17, 15) is 9.59 Å². The van der Waals surface area contributed by atoms with Crippen LogP contribution in [-0.2, 0) is 9.59 Å². The molecule has 0 saturated heterocycles. The minimum Gasteiger partial charge on any atom is -0.481 e. The topological polar surface area (TPSA) is 54.4 Å². The molecular weight excluding hydrogens is 168 g/mol. The average molecular weight is 184 g/mol. The molecule has 0 aliphatic heterocycles. The van der Waals surface area contributed by atoms with Crippen molar-refractivity contribution in [3.63, 3.8) is 0 Å². The Labute approximate surface area is 78.5 Å². The fraction of sp³-hybridized carbons (Fsp3) is 0.600. The van der Waals surface area contributed by atoms with E-state index in [4.69, 9.17) is 5.11 Å². The van der Waals surface area contributed by atoms with E-state index >= 15 is 0 Å². The second-order valence-corrected chi connectivity index (χ2v) is 3.68. The summed E-state index contributed by atoms with van der Waals surface area (Å²) in [5, 5.41) is 8.78. The molecule has 1 unspecified atom stereocenters. The lowest BCUT2D eigenvalue weighted by Crippen LogP contribution is -2.27. The molecule has 3 nitrogen and oxygen atoms in total. The third-order valence-corrected chi connectivity index (χ3v) is 1.67. The highest BCUT2D eigenvalue weighted by molar-refractivity contribution is 6.04. The number of aliphatic carboxylic acids is 1. The maximum absolute atomic E-state index is 11.4. The van der Waals surface area contributed by atoms with Crippen LogP contribution in [0.5, 0.6) is 0 Å². The number of allylic oxidation sites excluding steroid dienone is 2. The van der Waals surface area contributed by atoms with E-state index in [1.54, 1.807) is 27.7 Å². The first-order valence-corrected chi connectivity index (χ1v) is 4.27. The van der Waals surface area contributed by atoms with Gasteiger partial charge < -0.3 is 5.11 Å². The van der Waals surface area contributed by atoms with Crippen LogP contribution in [0.2, 0.25) is 0 Å². The Morgan fingerprint density at radius 2 is 1.69 bits per heavy atom. The molecule has 0 aromatic carbocycles. The Hall–Kier alpha value is -1.12. The van der Waals surface area contributed by atoms with Crippen molar-refractivity contribution in [2.75, 3.05) is 0 Å². The highest BCUT2D eigenvalue weighted by Gasteiger charge is 2.27. The van der Waals surface area contributed by atoms with E-state index in [1.165, 1.54) is 6.08 Å². The Balaban J connectivity index is 4.67. The van der Waals surface area contributed by atoms with Gasteiger partial charge in [-0.2, -0.15) is 0 Å². The molecule has 0 aromatic heterocycles. The molecule has 1 N–H and O–H groups in total. The zero-order chi connectivity index (χ0) is 10.6. The van der Waals surface area contributed by atoms with Crippen molar-refractivity contribution in [3.8, 4) is 0 Å². The van der Waals surface area contributed by atoms with Crippen LogP contribution in [0.15, 0.2) is 11.6 Å². The first kappa shape index (κ1) is 11.9. The average Bonchev–Trinajstić information content (AvgIpc) is 1.81. The molecule has 0 aliphatic rings. The van der Waals surface area contributed by atoms with E-state index in [2.05, 4.69) is 0 Å². The van der Waals surface area contributed by atoms with Gasteiger partial charge in [0.25, 0.3) is 0 Å². The lowest BCUT2D eigenvalue weighted by Gasteiger charge is -2.12. The number of hydrogen-bond donors (Lipinski definition) is 1. The van der Waals surface area contributed by atoms with Gasteiger partial charge in [-0.1, -0.05) is 19.4 Å². The maximum Gasteiger partial charge on any atom is 0.314 e. The number of carbonyl (C=O) groups excluding carboxylic acids is 1. The fourth-order valence-electron chi connectivity index (χ4n) is 1.11. The van der Waals surface area contributed by atoms with Gasteiger partial charge in [-0.25, -0.2) is 0 Å². The zero-order valence-electron chi connectivity index (χ0n) is 8.50. The number of carboxylic acids is 1. The normalized spacial score (nSPS) is 12.4. The van der Waals surface area contributed by atoms with Crippen LogP contribution in [0.25, 0.3) is 0 Å². The van der Waals surface area contributed by atoms with Gasteiger partial charge in [-0.05, 0) is 25.8 Å². The maximum atomic E-state index is 11.4. The monoisotopic (exact) mass is 184 g/mol. The van der Waals surface area contributed by atoms with Gasteiger partial charge in [0.1, 0.15) is 5.92 Å². The molecule has 0 bridgehead atoms. The number of hydrogen-bond acceptors (Lipinski definition) is 2. The molecular formula is C10H16O3. The summed E-state index contributed by atoms with van der Waals surface area (Å²) in [4.78, 5) is 22.1. The van der Waals surface area contributed by atoms with Crippen molar-refractivity contribution in [1.29, 1.82) is 0 Å². The number of ketones is 1. The number of carboxylic acid groups (broad SMARTS) is 1. The van der Waals surface area contributed by atoms with E-state index < -0.39 is 11.9 Å².